The molecule has 26 heavy (non-hydrogen) atoms. The molecule has 0 saturated carbocycles. The van der Waals surface area contributed by atoms with Gasteiger partial charge in [-0.25, -0.2) is 0 Å². The molecule has 6 nitrogen and oxygen atoms in total. The van der Waals surface area contributed by atoms with Crippen LogP contribution in [-0.2, 0) is 20.9 Å². The second-order valence-electron chi connectivity index (χ2n) is 7.16. The molecule has 0 radical (unpaired) electrons. The van der Waals surface area contributed by atoms with Crippen molar-refractivity contribution in [2.75, 3.05) is 13.1 Å². The highest BCUT2D eigenvalue weighted by Gasteiger charge is 2.38. The first kappa shape index (κ1) is 18.4. The van der Waals surface area contributed by atoms with E-state index < -0.39 is 17.9 Å². The summed E-state index contributed by atoms with van der Waals surface area (Å²) in [6.07, 6.45) is 3.70. The lowest BCUT2D eigenvalue weighted by molar-refractivity contribution is -0.150. The Morgan fingerprint density at radius 1 is 1.19 bits per heavy atom. The number of hydrogen-bond acceptors (Lipinski definition) is 3. The number of benzene rings is 1. The van der Waals surface area contributed by atoms with Crippen LogP contribution in [0.3, 0.4) is 0 Å². The Bertz CT molecular complexity index is 703. The van der Waals surface area contributed by atoms with Crippen LogP contribution in [0.1, 0.15) is 56.1 Å². The molecule has 6 heteroatoms. The van der Waals surface area contributed by atoms with Crippen molar-refractivity contribution in [2.24, 2.45) is 0 Å². The van der Waals surface area contributed by atoms with Crippen LogP contribution >= 0.6 is 0 Å². The molecule has 2 amide bonds. The number of carboxylic acid groups (broad SMARTS) is 1. The van der Waals surface area contributed by atoms with Crippen LogP contribution in [0.2, 0.25) is 0 Å². The zero-order valence-corrected chi connectivity index (χ0v) is 15.2. The third kappa shape index (κ3) is 3.59. The summed E-state index contributed by atoms with van der Waals surface area (Å²) in [5.74, 6) is -1.72. The van der Waals surface area contributed by atoms with E-state index >= 15 is 0 Å². The monoisotopic (exact) mass is 358 g/mol. The fourth-order valence-electron chi connectivity index (χ4n) is 4.04. The standard InChI is InChI=1S/C20H26N2O4/c1-2-7-18(23)22-11-6-5-10-17(22)19(24)21-12-14-8-3-4-9-15(14)16(13-21)20(25)26/h3-4,8-9,16-17H,2,5-7,10-13H2,1H3,(H,25,26). The minimum absolute atomic E-state index is 0.0257. The summed E-state index contributed by atoms with van der Waals surface area (Å²) < 4.78 is 0. The number of carboxylic acids is 1. The summed E-state index contributed by atoms with van der Waals surface area (Å²) in [6, 6.07) is 6.95. The minimum Gasteiger partial charge on any atom is -0.481 e. The SMILES string of the molecule is CCCC(=O)N1CCCCC1C(=O)N1Cc2ccccc2C(C(=O)O)C1. The maximum absolute atomic E-state index is 13.2. The van der Waals surface area contributed by atoms with Crippen molar-refractivity contribution < 1.29 is 19.5 Å². The van der Waals surface area contributed by atoms with Gasteiger partial charge in [0.25, 0.3) is 0 Å². The normalized spacial score (nSPS) is 22.7. The van der Waals surface area contributed by atoms with Gasteiger partial charge in [-0.05, 0) is 36.8 Å². The molecule has 1 aromatic rings. The first-order valence-electron chi connectivity index (χ1n) is 9.41. The van der Waals surface area contributed by atoms with E-state index in [1.165, 1.54) is 0 Å². The average Bonchev–Trinajstić information content (AvgIpc) is 2.66. The van der Waals surface area contributed by atoms with E-state index in [-0.39, 0.29) is 18.4 Å². The van der Waals surface area contributed by atoms with Crippen molar-refractivity contribution in [3.63, 3.8) is 0 Å². The van der Waals surface area contributed by atoms with Crippen LogP contribution in [0, 0.1) is 0 Å². The summed E-state index contributed by atoms with van der Waals surface area (Å²) in [7, 11) is 0. The van der Waals surface area contributed by atoms with E-state index in [1.54, 1.807) is 9.80 Å². The zero-order valence-electron chi connectivity index (χ0n) is 15.2. The number of carbonyl (C=O) groups is 3. The molecular weight excluding hydrogens is 332 g/mol. The lowest BCUT2D eigenvalue weighted by atomic mass is 9.89. The Morgan fingerprint density at radius 3 is 2.69 bits per heavy atom. The van der Waals surface area contributed by atoms with Gasteiger partial charge >= 0.3 is 5.97 Å². The molecule has 3 rings (SSSR count). The summed E-state index contributed by atoms with van der Waals surface area (Å²) in [5, 5.41) is 9.60. The topological polar surface area (TPSA) is 77.9 Å². The summed E-state index contributed by atoms with van der Waals surface area (Å²) in [5.41, 5.74) is 1.66. The van der Waals surface area contributed by atoms with Gasteiger partial charge in [-0.15, -0.1) is 0 Å². The second-order valence-corrected chi connectivity index (χ2v) is 7.16. The van der Waals surface area contributed by atoms with Crippen molar-refractivity contribution in [2.45, 2.75) is 57.5 Å². The van der Waals surface area contributed by atoms with Crippen LogP contribution in [0.25, 0.3) is 0 Å². The van der Waals surface area contributed by atoms with E-state index in [0.29, 0.717) is 25.9 Å². The number of likely N-dealkylation sites (tertiary alicyclic amines) is 1. The van der Waals surface area contributed by atoms with E-state index in [4.69, 9.17) is 0 Å². The lowest BCUT2D eigenvalue weighted by Gasteiger charge is -2.40. The van der Waals surface area contributed by atoms with Gasteiger partial charge in [-0.3, -0.25) is 14.4 Å². The molecule has 1 saturated heterocycles. The van der Waals surface area contributed by atoms with E-state index in [9.17, 15) is 19.5 Å². The Morgan fingerprint density at radius 2 is 1.96 bits per heavy atom. The zero-order chi connectivity index (χ0) is 18.7. The van der Waals surface area contributed by atoms with Crippen LogP contribution in [0.15, 0.2) is 24.3 Å². The predicted octanol–water partition coefficient (Wildman–Crippen LogP) is 2.38. The molecule has 1 N–H and O–H groups in total. The largest absolute Gasteiger partial charge is 0.481 e. The second kappa shape index (κ2) is 7.89. The predicted molar refractivity (Wildman–Crippen MR) is 96.5 cm³/mol. The highest BCUT2D eigenvalue weighted by atomic mass is 16.4. The number of piperidine rings is 1. The Hall–Kier alpha value is -2.37. The summed E-state index contributed by atoms with van der Waals surface area (Å²) >= 11 is 0. The first-order valence-corrected chi connectivity index (χ1v) is 9.41. The van der Waals surface area contributed by atoms with Crippen molar-refractivity contribution in [1.29, 1.82) is 0 Å². The number of aliphatic carboxylic acids is 1. The molecule has 2 heterocycles. The van der Waals surface area contributed by atoms with Crippen LogP contribution in [0.5, 0.6) is 0 Å². The fourth-order valence-corrected chi connectivity index (χ4v) is 4.04. The third-order valence-corrected chi connectivity index (χ3v) is 5.38. The smallest absolute Gasteiger partial charge is 0.312 e. The summed E-state index contributed by atoms with van der Waals surface area (Å²) in [6.45, 7) is 3.14. The molecule has 1 aromatic carbocycles. The molecule has 2 atom stereocenters. The molecule has 2 aliphatic heterocycles. The maximum atomic E-state index is 13.2. The first-order chi connectivity index (χ1) is 12.5. The molecular formula is C20H26N2O4. The fraction of sp³-hybridized carbons (Fsp3) is 0.550. The van der Waals surface area contributed by atoms with Crippen molar-refractivity contribution in [3.8, 4) is 0 Å². The number of nitrogens with zero attached hydrogens (tertiary/aromatic N) is 2. The van der Waals surface area contributed by atoms with Gasteiger partial charge in [0.05, 0.1) is 5.92 Å². The highest BCUT2D eigenvalue weighted by molar-refractivity contribution is 5.89. The number of carbonyl (C=O) groups excluding carboxylic acids is 2. The molecule has 2 aliphatic rings. The molecule has 0 aliphatic carbocycles. The highest BCUT2D eigenvalue weighted by Crippen LogP contribution is 2.30. The van der Waals surface area contributed by atoms with Gasteiger partial charge < -0.3 is 14.9 Å². The molecule has 2 unspecified atom stereocenters. The minimum atomic E-state index is -0.919. The van der Waals surface area contributed by atoms with Crippen molar-refractivity contribution in [3.05, 3.63) is 35.4 Å². The van der Waals surface area contributed by atoms with E-state index in [0.717, 1.165) is 30.4 Å². The van der Waals surface area contributed by atoms with Crippen molar-refractivity contribution in [1.82, 2.24) is 9.80 Å². The average molecular weight is 358 g/mol. The Kier molecular flexibility index (Phi) is 5.59. The molecule has 0 aromatic heterocycles. The molecule has 1 fully saturated rings. The summed E-state index contributed by atoms with van der Waals surface area (Å²) in [4.78, 5) is 40.7. The molecule has 140 valence electrons. The molecule has 0 bridgehead atoms. The van der Waals surface area contributed by atoms with Gasteiger partial charge in [0.1, 0.15) is 6.04 Å². The number of rotatable bonds is 4. The quantitative estimate of drug-likeness (QED) is 0.896. The van der Waals surface area contributed by atoms with Gasteiger partial charge in [-0.1, -0.05) is 31.2 Å². The van der Waals surface area contributed by atoms with Crippen molar-refractivity contribution >= 4 is 17.8 Å². The lowest BCUT2D eigenvalue weighted by Crippen LogP contribution is -2.54. The van der Waals surface area contributed by atoms with Crippen LogP contribution in [-0.4, -0.2) is 51.8 Å². The maximum Gasteiger partial charge on any atom is 0.312 e. The van der Waals surface area contributed by atoms with Crippen LogP contribution in [0.4, 0.5) is 0 Å². The third-order valence-electron chi connectivity index (χ3n) is 5.38. The van der Waals surface area contributed by atoms with Gasteiger partial charge in [-0.2, -0.15) is 0 Å². The Labute approximate surface area is 153 Å². The van der Waals surface area contributed by atoms with Gasteiger partial charge in [0.2, 0.25) is 11.8 Å². The molecule has 0 spiro atoms. The van der Waals surface area contributed by atoms with Crippen LogP contribution < -0.4 is 0 Å². The van der Waals surface area contributed by atoms with Gasteiger partial charge in [0.15, 0.2) is 0 Å². The number of hydrogen-bond donors (Lipinski definition) is 1. The van der Waals surface area contributed by atoms with Gasteiger partial charge in [0, 0.05) is 26.1 Å². The van der Waals surface area contributed by atoms with E-state index in [1.807, 2.05) is 31.2 Å². The number of fused-ring (bicyclic) bond motifs is 1. The number of amides is 2. The van der Waals surface area contributed by atoms with E-state index in [2.05, 4.69) is 0 Å². The Balaban J connectivity index is 1.82.